The van der Waals surface area contributed by atoms with E-state index >= 15 is 0 Å². The molecule has 4 rings (SSSR count). The summed E-state index contributed by atoms with van der Waals surface area (Å²) in [6, 6.07) is 5.72. The number of likely N-dealkylation sites (N-methyl/N-ethyl adjacent to an activating group) is 1. The number of carbonyl (C=O) groups excluding carboxylic acids is 1. The van der Waals surface area contributed by atoms with Crippen LogP contribution in [0, 0.1) is 0 Å². The summed E-state index contributed by atoms with van der Waals surface area (Å²) in [5.74, 6) is 0.891. The lowest BCUT2D eigenvalue weighted by molar-refractivity contribution is 0.0938. The molecule has 0 bridgehead atoms. The summed E-state index contributed by atoms with van der Waals surface area (Å²) in [4.78, 5) is 30.6. The average molecular weight is 519 g/mol. The van der Waals surface area contributed by atoms with Crippen LogP contribution in [0.25, 0.3) is 27.4 Å². The van der Waals surface area contributed by atoms with Crippen LogP contribution in [0.4, 0.5) is 0 Å². The van der Waals surface area contributed by atoms with Gasteiger partial charge in [0, 0.05) is 60.0 Å². The van der Waals surface area contributed by atoms with Crippen LogP contribution in [0.5, 0.6) is 0 Å². The fourth-order valence-electron chi connectivity index (χ4n) is 4.38. The summed E-state index contributed by atoms with van der Waals surface area (Å²) < 4.78 is 1.73. The lowest BCUT2D eigenvalue weighted by Gasteiger charge is -2.26. The zero-order chi connectivity index (χ0) is 26.4. The van der Waals surface area contributed by atoms with Gasteiger partial charge in [-0.1, -0.05) is 19.9 Å². The van der Waals surface area contributed by atoms with E-state index in [1.165, 1.54) is 11.1 Å². The Labute approximate surface area is 222 Å². The van der Waals surface area contributed by atoms with Crippen LogP contribution in [0.2, 0.25) is 0 Å². The number of hydrogen-bond donors (Lipinski definition) is 2. The van der Waals surface area contributed by atoms with Crippen LogP contribution in [0.3, 0.4) is 0 Å². The van der Waals surface area contributed by atoms with Crippen LogP contribution in [0.15, 0.2) is 47.9 Å². The van der Waals surface area contributed by atoms with E-state index in [1.54, 1.807) is 47.9 Å². The highest BCUT2D eigenvalue weighted by Gasteiger charge is 2.19. The van der Waals surface area contributed by atoms with Crippen LogP contribution >= 0.6 is 11.8 Å². The van der Waals surface area contributed by atoms with Crippen molar-refractivity contribution < 1.29 is 4.79 Å². The summed E-state index contributed by atoms with van der Waals surface area (Å²) >= 11 is 1.80. The number of fused-ring (bicyclic) bond motifs is 1. The molecule has 1 atom stereocenters. The normalized spacial score (nSPS) is 15.1. The Morgan fingerprint density at radius 3 is 2.78 bits per heavy atom. The first-order valence-electron chi connectivity index (χ1n) is 12.6. The van der Waals surface area contributed by atoms with Crippen LogP contribution in [-0.2, 0) is 0 Å². The number of nitrogens with one attached hydrogen (secondary N) is 1. The van der Waals surface area contributed by atoms with Crippen molar-refractivity contribution in [2.75, 3.05) is 32.4 Å². The highest BCUT2D eigenvalue weighted by molar-refractivity contribution is 8.08. The summed E-state index contributed by atoms with van der Waals surface area (Å²) in [6.45, 7) is 8.75. The van der Waals surface area contributed by atoms with E-state index in [0.717, 1.165) is 36.5 Å². The van der Waals surface area contributed by atoms with Gasteiger partial charge in [-0.3, -0.25) is 14.7 Å². The first kappa shape index (κ1) is 26.6. The Hall–Kier alpha value is -3.50. The fourth-order valence-corrected chi connectivity index (χ4v) is 5.34. The Morgan fingerprint density at radius 1 is 1.30 bits per heavy atom. The standard InChI is InChI=1S/C27H34N8OS/c1-5-34(6-2)18(3)15-30-27(36)19-12-23(20(14-28)16-29-4)32-24(13-19)21-17-31-35-10-9-22(33-26(21)35)25-8-7-11-37-25/h8-10,12-14,16-18H,5-7,11,15,28H2,1-4H3,(H,30,36)/t18-/m0/s1. The van der Waals surface area contributed by atoms with Crippen molar-refractivity contribution in [1.82, 2.24) is 29.8 Å². The lowest BCUT2D eigenvalue weighted by Crippen LogP contribution is -2.42. The zero-order valence-electron chi connectivity index (χ0n) is 21.8. The van der Waals surface area contributed by atoms with Crippen molar-refractivity contribution in [2.24, 2.45) is 10.7 Å². The van der Waals surface area contributed by atoms with Gasteiger partial charge in [0.25, 0.3) is 5.91 Å². The second-order valence-corrected chi connectivity index (χ2v) is 9.90. The van der Waals surface area contributed by atoms with Crippen molar-refractivity contribution in [1.29, 1.82) is 0 Å². The number of hydrogen-bond acceptors (Lipinski definition) is 8. The molecule has 194 valence electrons. The van der Waals surface area contributed by atoms with E-state index in [2.05, 4.69) is 47.2 Å². The molecule has 0 unspecified atom stereocenters. The number of allylic oxidation sites excluding steroid dienone is 2. The SMILES string of the molecule is CCN(CC)[C@@H](C)CNC(=O)c1cc(C(C=NC)=CN)nc(-c2cnn3ccc(C4=CCCS4)nc23)c1. The third-order valence-corrected chi connectivity index (χ3v) is 7.55. The van der Waals surface area contributed by atoms with Crippen molar-refractivity contribution in [2.45, 2.75) is 33.2 Å². The molecule has 9 nitrogen and oxygen atoms in total. The van der Waals surface area contributed by atoms with Gasteiger partial charge in [0.05, 0.1) is 28.8 Å². The monoisotopic (exact) mass is 518 g/mol. The largest absolute Gasteiger partial charge is 0.404 e. The molecule has 4 heterocycles. The lowest BCUT2D eigenvalue weighted by atomic mass is 10.1. The molecule has 0 spiro atoms. The van der Waals surface area contributed by atoms with Gasteiger partial charge in [0.1, 0.15) is 0 Å². The second kappa shape index (κ2) is 12.2. The number of thioether (sulfide) groups is 1. The second-order valence-electron chi connectivity index (χ2n) is 8.76. The molecule has 37 heavy (non-hydrogen) atoms. The molecule has 3 aromatic rings. The predicted octanol–water partition coefficient (Wildman–Crippen LogP) is 3.73. The van der Waals surface area contributed by atoms with Gasteiger partial charge >= 0.3 is 0 Å². The van der Waals surface area contributed by atoms with E-state index in [1.807, 2.05) is 12.3 Å². The number of pyridine rings is 1. The first-order chi connectivity index (χ1) is 18.0. The van der Waals surface area contributed by atoms with Crippen molar-refractivity contribution >= 4 is 40.0 Å². The molecule has 0 saturated carbocycles. The smallest absolute Gasteiger partial charge is 0.251 e. The number of carbonyl (C=O) groups is 1. The van der Waals surface area contributed by atoms with Crippen molar-refractivity contribution in [3.05, 3.63) is 59.8 Å². The van der Waals surface area contributed by atoms with Crippen molar-refractivity contribution in [3.63, 3.8) is 0 Å². The van der Waals surface area contributed by atoms with Gasteiger partial charge in [0.15, 0.2) is 5.65 Å². The highest BCUT2D eigenvalue weighted by atomic mass is 32.2. The van der Waals surface area contributed by atoms with Gasteiger partial charge in [0.2, 0.25) is 0 Å². The molecule has 3 N–H and O–H groups in total. The zero-order valence-corrected chi connectivity index (χ0v) is 22.6. The molecule has 3 aromatic heterocycles. The van der Waals surface area contributed by atoms with Gasteiger partial charge in [-0.2, -0.15) is 5.10 Å². The Balaban J connectivity index is 1.74. The molecule has 0 radical (unpaired) electrons. The van der Waals surface area contributed by atoms with E-state index in [4.69, 9.17) is 15.7 Å². The molecule has 0 saturated heterocycles. The molecule has 10 heteroatoms. The Bertz CT molecular complexity index is 1360. The third kappa shape index (κ3) is 5.91. The van der Waals surface area contributed by atoms with Crippen LogP contribution < -0.4 is 11.1 Å². The van der Waals surface area contributed by atoms with Gasteiger partial charge in [-0.05, 0) is 44.6 Å². The Kier molecular flexibility index (Phi) is 8.73. The first-order valence-corrected chi connectivity index (χ1v) is 13.5. The van der Waals surface area contributed by atoms with Gasteiger partial charge in [-0.15, -0.1) is 11.8 Å². The molecule has 0 aromatic carbocycles. The maximum absolute atomic E-state index is 13.3. The third-order valence-electron chi connectivity index (χ3n) is 6.43. The number of nitrogens with zero attached hydrogens (tertiary/aromatic N) is 6. The predicted molar refractivity (Wildman–Crippen MR) is 153 cm³/mol. The van der Waals surface area contributed by atoms with Crippen LogP contribution in [0.1, 0.15) is 48.9 Å². The summed E-state index contributed by atoms with van der Waals surface area (Å²) in [5.41, 5.74) is 10.5. The molecule has 1 amide bonds. The highest BCUT2D eigenvalue weighted by Crippen LogP contribution is 2.34. The number of rotatable bonds is 10. The maximum atomic E-state index is 13.3. The van der Waals surface area contributed by atoms with E-state index in [9.17, 15) is 4.79 Å². The van der Waals surface area contributed by atoms with E-state index in [0.29, 0.717) is 34.7 Å². The Morgan fingerprint density at radius 2 is 2.11 bits per heavy atom. The fraction of sp³-hybridized carbons (Fsp3) is 0.370. The molecular weight excluding hydrogens is 484 g/mol. The van der Waals surface area contributed by atoms with E-state index in [-0.39, 0.29) is 11.9 Å². The number of nitrogens with two attached hydrogens (primary N) is 1. The quantitative estimate of drug-likeness (QED) is 0.393. The minimum Gasteiger partial charge on any atom is -0.404 e. The summed E-state index contributed by atoms with van der Waals surface area (Å²) in [7, 11) is 1.67. The topological polar surface area (TPSA) is 114 Å². The maximum Gasteiger partial charge on any atom is 0.251 e. The van der Waals surface area contributed by atoms with Crippen molar-refractivity contribution in [3.8, 4) is 11.3 Å². The summed E-state index contributed by atoms with van der Waals surface area (Å²) in [6.07, 6.45) is 9.97. The van der Waals surface area contributed by atoms with Crippen LogP contribution in [-0.4, -0.2) is 75.1 Å². The van der Waals surface area contributed by atoms with E-state index < -0.39 is 0 Å². The molecular formula is C27H34N8OS. The van der Waals surface area contributed by atoms with Gasteiger partial charge < -0.3 is 11.1 Å². The minimum atomic E-state index is -0.175. The minimum absolute atomic E-state index is 0.175. The number of aliphatic imine (C=N–C) groups is 1. The molecule has 0 fully saturated rings. The number of aromatic nitrogens is 4. The molecule has 1 aliphatic heterocycles. The molecule has 0 aliphatic carbocycles. The number of amides is 1. The van der Waals surface area contributed by atoms with Gasteiger partial charge in [-0.25, -0.2) is 14.5 Å². The average Bonchev–Trinajstić information content (AvgIpc) is 3.61. The molecule has 1 aliphatic rings. The summed E-state index contributed by atoms with van der Waals surface area (Å²) in [5, 5.41) is 7.56.